The summed E-state index contributed by atoms with van der Waals surface area (Å²) < 4.78 is 29.5. The van der Waals surface area contributed by atoms with Gasteiger partial charge in [-0.15, -0.1) is 0 Å². The summed E-state index contributed by atoms with van der Waals surface area (Å²) in [6, 6.07) is 5.55. The highest BCUT2D eigenvalue weighted by Crippen LogP contribution is 2.29. The van der Waals surface area contributed by atoms with Gasteiger partial charge in [0.2, 0.25) is 0 Å². The fraction of sp³-hybridized carbons (Fsp3) is 0.417. The van der Waals surface area contributed by atoms with E-state index in [2.05, 4.69) is 4.98 Å². The first kappa shape index (κ1) is 13.6. The lowest BCUT2D eigenvalue weighted by molar-refractivity contribution is 0.546. The predicted molar refractivity (Wildman–Crippen MR) is 81.7 cm³/mol. The number of thioether (sulfide) groups is 1. The molecule has 20 heavy (non-hydrogen) atoms. The van der Waals surface area contributed by atoms with Crippen LogP contribution in [0.1, 0.15) is 0 Å². The molecular formula is C12H15N3O3S2. The van der Waals surface area contributed by atoms with Gasteiger partial charge in [-0.1, -0.05) is 0 Å². The molecule has 1 aliphatic heterocycles. The monoisotopic (exact) mass is 313 g/mol. The Hall–Kier alpha value is -1.41. The molecule has 0 amide bonds. The zero-order valence-electron chi connectivity index (χ0n) is 10.9. The number of nitrogens with two attached hydrogens (primary N) is 1. The lowest BCUT2D eigenvalue weighted by Crippen LogP contribution is -2.47. The molecule has 0 spiro atoms. The third kappa shape index (κ3) is 2.45. The minimum atomic E-state index is -3.19. The van der Waals surface area contributed by atoms with Crippen LogP contribution in [0.25, 0.3) is 11.1 Å². The molecule has 0 aliphatic carbocycles. The number of fused-ring (bicyclic) bond motifs is 1. The lowest BCUT2D eigenvalue weighted by Gasteiger charge is -2.32. The van der Waals surface area contributed by atoms with Crippen LogP contribution >= 0.6 is 11.8 Å². The van der Waals surface area contributed by atoms with E-state index in [-0.39, 0.29) is 0 Å². The van der Waals surface area contributed by atoms with E-state index in [0.29, 0.717) is 35.1 Å². The zero-order valence-corrected chi connectivity index (χ0v) is 12.6. The molecule has 108 valence electrons. The molecule has 1 saturated heterocycles. The van der Waals surface area contributed by atoms with Gasteiger partial charge in [-0.25, -0.2) is 8.42 Å². The molecule has 2 aromatic rings. The van der Waals surface area contributed by atoms with E-state index in [0.717, 1.165) is 5.75 Å². The Morgan fingerprint density at radius 1 is 1.50 bits per heavy atom. The van der Waals surface area contributed by atoms with E-state index >= 15 is 0 Å². The summed E-state index contributed by atoms with van der Waals surface area (Å²) in [6.07, 6.45) is 1.25. The highest BCUT2D eigenvalue weighted by atomic mass is 32.2. The molecule has 1 atom stereocenters. The first-order valence-electron chi connectivity index (χ1n) is 6.14. The maximum atomic E-state index is 11.9. The van der Waals surface area contributed by atoms with E-state index in [4.69, 9.17) is 10.2 Å². The van der Waals surface area contributed by atoms with Crippen molar-refractivity contribution in [1.29, 1.82) is 0 Å². The number of aromatic nitrogens is 1. The van der Waals surface area contributed by atoms with Crippen molar-refractivity contribution in [1.82, 2.24) is 4.98 Å². The Bertz CT molecular complexity index is 741. The van der Waals surface area contributed by atoms with Crippen LogP contribution in [0, 0.1) is 0 Å². The number of sulfone groups is 1. The van der Waals surface area contributed by atoms with Crippen LogP contribution in [0.4, 0.5) is 11.7 Å². The fourth-order valence-electron chi connectivity index (χ4n) is 2.21. The van der Waals surface area contributed by atoms with Crippen LogP contribution in [0.3, 0.4) is 0 Å². The quantitative estimate of drug-likeness (QED) is 0.837. The lowest BCUT2D eigenvalue weighted by atomic mass is 10.3. The molecule has 1 aliphatic rings. The van der Waals surface area contributed by atoms with Crippen molar-refractivity contribution < 1.29 is 12.8 Å². The molecule has 1 fully saturated rings. The number of benzene rings is 1. The van der Waals surface area contributed by atoms with Gasteiger partial charge < -0.3 is 15.1 Å². The summed E-state index contributed by atoms with van der Waals surface area (Å²) >= 11 is 1.63. The summed E-state index contributed by atoms with van der Waals surface area (Å²) in [6.45, 7) is 0.602. The van der Waals surface area contributed by atoms with Crippen LogP contribution in [-0.4, -0.2) is 43.1 Å². The highest BCUT2D eigenvalue weighted by molar-refractivity contribution is 8.01. The van der Waals surface area contributed by atoms with Crippen molar-refractivity contribution in [2.45, 2.75) is 5.37 Å². The Balaban J connectivity index is 2.03. The smallest absolute Gasteiger partial charge is 0.299 e. The van der Waals surface area contributed by atoms with Crippen LogP contribution in [0.5, 0.6) is 0 Å². The molecule has 2 N–H and O–H groups in total. The predicted octanol–water partition coefficient (Wildman–Crippen LogP) is 1.33. The fourth-order valence-corrected chi connectivity index (χ4v) is 5.02. The maximum absolute atomic E-state index is 11.9. The van der Waals surface area contributed by atoms with E-state index in [1.807, 2.05) is 0 Å². The van der Waals surface area contributed by atoms with Gasteiger partial charge in [-0.2, -0.15) is 16.7 Å². The van der Waals surface area contributed by atoms with E-state index in [9.17, 15) is 8.42 Å². The van der Waals surface area contributed by atoms with Gasteiger partial charge in [0.15, 0.2) is 15.4 Å². The topological polar surface area (TPSA) is 89.4 Å². The molecule has 1 aromatic heterocycles. The molecule has 2 heterocycles. The van der Waals surface area contributed by atoms with Gasteiger partial charge >= 0.3 is 0 Å². The second-order valence-corrected chi connectivity index (χ2v) is 8.13. The van der Waals surface area contributed by atoms with Gasteiger partial charge in [0.25, 0.3) is 6.01 Å². The number of hydrogen-bond acceptors (Lipinski definition) is 7. The molecule has 1 unspecified atom stereocenters. The largest absolute Gasteiger partial charge is 0.423 e. The number of nitrogen functional groups attached to an aromatic ring is 1. The van der Waals surface area contributed by atoms with Crippen molar-refractivity contribution in [2.24, 2.45) is 0 Å². The summed E-state index contributed by atoms with van der Waals surface area (Å²) in [5.41, 5.74) is 7.57. The molecular weight excluding hydrogens is 298 g/mol. The molecule has 0 bridgehead atoms. The van der Waals surface area contributed by atoms with Crippen LogP contribution in [-0.2, 0) is 9.84 Å². The van der Waals surface area contributed by atoms with Gasteiger partial charge in [0.05, 0.1) is 0 Å². The third-order valence-corrected chi connectivity index (χ3v) is 5.87. The van der Waals surface area contributed by atoms with E-state index in [1.54, 1.807) is 34.9 Å². The van der Waals surface area contributed by atoms with Gasteiger partial charge in [0, 0.05) is 30.0 Å². The molecule has 1 aromatic carbocycles. The van der Waals surface area contributed by atoms with Crippen molar-refractivity contribution in [3.8, 4) is 0 Å². The molecule has 0 radical (unpaired) electrons. The standard InChI is InChI=1S/C12H15N3O3S2/c1-20(16,17)11-7-19-5-4-15(11)12-14-9-6-8(13)2-3-10(9)18-12/h2-3,6,11H,4-5,7,13H2,1H3. The highest BCUT2D eigenvalue weighted by Gasteiger charge is 2.33. The number of anilines is 2. The van der Waals surface area contributed by atoms with Crippen molar-refractivity contribution in [2.75, 3.05) is 34.9 Å². The summed E-state index contributed by atoms with van der Waals surface area (Å²) in [7, 11) is -3.19. The number of nitrogens with zero attached hydrogens (tertiary/aromatic N) is 2. The average Bonchev–Trinajstić information content (AvgIpc) is 2.80. The molecule has 0 saturated carbocycles. The van der Waals surface area contributed by atoms with E-state index in [1.165, 1.54) is 6.26 Å². The van der Waals surface area contributed by atoms with Gasteiger partial charge in [-0.3, -0.25) is 0 Å². The van der Waals surface area contributed by atoms with Crippen LogP contribution in [0.15, 0.2) is 22.6 Å². The second kappa shape index (κ2) is 4.85. The third-order valence-electron chi connectivity index (χ3n) is 3.22. The van der Waals surface area contributed by atoms with Crippen molar-refractivity contribution >= 4 is 44.4 Å². The van der Waals surface area contributed by atoms with Crippen LogP contribution < -0.4 is 10.6 Å². The SMILES string of the molecule is CS(=O)(=O)C1CSCCN1c1nc2cc(N)ccc2o1. The summed E-state index contributed by atoms with van der Waals surface area (Å²) in [4.78, 5) is 6.09. The summed E-state index contributed by atoms with van der Waals surface area (Å²) in [5, 5.41) is -0.591. The normalized spacial score (nSPS) is 20.4. The molecule has 6 nitrogen and oxygen atoms in total. The second-order valence-electron chi connectivity index (χ2n) is 4.78. The minimum absolute atomic E-state index is 0.348. The Kier molecular flexibility index (Phi) is 3.29. The average molecular weight is 313 g/mol. The van der Waals surface area contributed by atoms with Gasteiger partial charge in [-0.05, 0) is 18.2 Å². The molecule has 3 rings (SSSR count). The number of rotatable bonds is 2. The number of oxazole rings is 1. The first-order chi connectivity index (χ1) is 9.45. The molecule has 8 heteroatoms. The van der Waals surface area contributed by atoms with Crippen molar-refractivity contribution in [3.05, 3.63) is 18.2 Å². The van der Waals surface area contributed by atoms with Crippen LogP contribution in [0.2, 0.25) is 0 Å². The first-order valence-corrected chi connectivity index (χ1v) is 9.25. The Labute approximate surface area is 121 Å². The maximum Gasteiger partial charge on any atom is 0.299 e. The van der Waals surface area contributed by atoms with Gasteiger partial charge in [0.1, 0.15) is 10.9 Å². The van der Waals surface area contributed by atoms with Crippen molar-refractivity contribution in [3.63, 3.8) is 0 Å². The minimum Gasteiger partial charge on any atom is -0.423 e. The number of hydrogen-bond donors (Lipinski definition) is 1. The zero-order chi connectivity index (χ0) is 14.3. The Morgan fingerprint density at radius 3 is 3.05 bits per heavy atom. The Morgan fingerprint density at radius 2 is 2.30 bits per heavy atom. The summed E-state index contributed by atoms with van der Waals surface area (Å²) in [5.74, 6) is 1.38. The van der Waals surface area contributed by atoms with E-state index < -0.39 is 15.2 Å².